The summed E-state index contributed by atoms with van der Waals surface area (Å²) < 4.78 is 1.03. The lowest BCUT2D eigenvalue weighted by molar-refractivity contribution is -0.138. The number of carboxylic acid groups (broad SMARTS) is 1. The quantitative estimate of drug-likeness (QED) is 0.882. The van der Waals surface area contributed by atoms with E-state index in [2.05, 4.69) is 15.9 Å². The molecule has 0 bridgehead atoms. The number of hydrogen-bond donors (Lipinski definition) is 1. The minimum absolute atomic E-state index is 0.172. The summed E-state index contributed by atoms with van der Waals surface area (Å²) in [5, 5.41) is 8.82. The Hall–Kier alpha value is -0.830. The van der Waals surface area contributed by atoms with Crippen molar-refractivity contribution in [3.63, 3.8) is 0 Å². The van der Waals surface area contributed by atoms with Crippen molar-refractivity contribution in [1.82, 2.24) is 0 Å². The third-order valence-electron chi connectivity index (χ3n) is 2.66. The maximum Gasteiger partial charge on any atom is 0.307 e. The normalized spacial score (nSPS) is 24.7. The van der Waals surface area contributed by atoms with Crippen molar-refractivity contribution in [3.05, 3.63) is 33.8 Å². The molecule has 0 amide bonds. The van der Waals surface area contributed by atoms with E-state index >= 15 is 0 Å². The van der Waals surface area contributed by atoms with Gasteiger partial charge < -0.3 is 5.11 Å². The van der Waals surface area contributed by atoms with Crippen molar-refractivity contribution in [2.75, 3.05) is 0 Å². The smallest absolute Gasteiger partial charge is 0.307 e. The summed E-state index contributed by atoms with van der Waals surface area (Å²) in [6, 6.07) is 6.08. The molecule has 1 N–H and O–H groups in total. The summed E-state index contributed by atoms with van der Waals surface area (Å²) >= 11 is 3.47. The largest absolute Gasteiger partial charge is 0.481 e. The summed E-state index contributed by atoms with van der Waals surface area (Å²) in [6.07, 6.45) is 0.775. The summed E-state index contributed by atoms with van der Waals surface area (Å²) in [7, 11) is 0. The molecule has 1 fully saturated rings. The molecule has 1 aliphatic rings. The average Bonchev–Trinajstić information content (AvgIpc) is 2.83. The maximum absolute atomic E-state index is 10.7. The first-order valence-electron chi connectivity index (χ1n) is 4.58. The SMILES string of the molecule is Cc1ccc(C2CC2C(=O)O)c(Br)c1. The van der Waals surface area contributed by atoms with Gasteiger partial charge in [0.05, 0.1) is 5.92 Å². The zero-order valence-corrected chi connectivity index (χ0v) is 9.41. The van der Waals surface area contributed by atoms with Gasteiger partial charge in [0.25, 0.3) is 0 Å². The Morgan fingerprint density at radius 2 is 2.29 bits per heavy atom. The predicted octanol–water partition coefficient (Wildman–Crippen LogP) is 2.95. The molecule has 1 aromatic rings. The Bertz CT molecular complexity index is 387. The first-order chi connectivity index (χ1) is 6.59. The standard InChI is InChI=1S/C11H11BrO2/c1-6-2-3-7(10(12)4-6)8-5-9(8)11(13)14/h2-4,8-9H,5H2,1H3,(H,13,14). The minimum Gasteiger partial charge on any atom is -0.481 e. The Balaban J connectivity index is 2.23. The summed E-state index contributed by atoms with van der Waals surface area (Å²) in [5.74, 6) is -0.640. The molecule has 14 heavy (non-hydrogen) atoms. The van der Waals surface area contributed by atoms with Crippen LogP contribution >= 0.6 is 15.9 Å². The molecule has 0 saturated heterocycles. The highest BCUT2D eigenvalue weighted by molar-refractivity contribution is 9.10. The third-order valence-corrected chi connectivity index (χ3v) is 3.35. The Morgan fingerprint density at radius 1 is 1.57 bits per heavy atom. The van der Waals surface area contributed by atoms with Crippen molar-refractivity contribution in [2.45, 2.75) is 19.3 Å². The van der Waals surface area contributed by atoms with Crippen molar-refractivity contribution in [2.24, 2.45) is 5.92 Å². The second kappa shape index (κ2) is 3.39. The fraction of sp³-hybridized carbons (Fsp3) is 0.364. The zero-order chi connectivity index (χ0) is 10.3. The van der Waals surface area contributed by atoms with Gasteiger partial charge in [0, 0.05) is 4.47 Å². The highest BCUT2D eigenvalue weighted by atomic mass is 79.9. The minimum atomic E-state index is -0.678. The molecule has 2 rings (SSSR count). The van der Waals surface area contributed by atoms with Crippen LogP contribution in [0.25, 0.3) is 0 Å². The van der Waals surface area contributed by atoms with Crippen LogP contribution in [-0.2, 0) is 4.79 Å². The third kappa shape index (κ3) is 1.69. The molecular formula is C11H11BrO2. The molecular weight excluding hydrogens is 244 g/mol. The summed E-state index contributed by atoms with van der Waals surface area (Å²) in [5.41, 5.74) is 2.32. The van der Waals surface area contributed by atoms with Gasteiger partial charge in [-0.1, -0.05) is 28.1 Å². The van der Waals surface area contributed by atoms with E-state index in [0.29, 0.717) is 0 Å². The molecule has 74 valence electrons. The van der Waals surface area contributed by atoms with Gasteiger partial charge in [-0.15, -0.1) is 0 Å². The van der Waals surface area contributed by atoms with Crippen LogP contribution in [0.1, 0.15) is 23.5 Å². The van der Waals surface area contributed by atoms with Crippen LogP contribution in [0.2, 0.25) is 0 Å². The molecule has 0 heterocycles. The van der Waals surface area contributed by atoms with Crippen LogP contribution in [0.15, 0.2) is 22.7 Å². The zero-order valence-electron chi connectivity index (χ0n) is 7.83. The number of benzene rings is 1. The Labute approximate surface area is 91.1 Å². The van der Waals surface area contributed by atoms with E-state index < -0.39 is 5.97 Å². The molecule has 2 nitrogen and oxygen atoms in total. The van der Waals surface area contributed by atoms with Crippen LogP contribution < -0.4 is 0 Å². The van der Waals surface area contributed by atoms with Gasteiger partial charge >= 0.3 is 5.97 Å². The van der Waals surface area contributed by atoms with Crippen LogP contribution in [0.5, 0.6) is 0 Å². The fourth-order valence-electron chi connectivity index (χ4n) is 1.74. The second-order valence-electron chi connectivity index (χ2n) is 3.81. The van der Waals surface area contributed by atoms with Crippen LogP contribution in [0.4, 0.5) is 0 Å². The first-order valence-corrected chi connectivity index (χ1v) is 5.37. The fourth-order valence-corrected chi connectivity index (χ4v) is 2.53. The number of halogens is 1. The number of hydrogen-bond acceptors (Lipinski definition) is 1. The number of rotatable bonds is 2. The highest BCUT2D eigenvalue weighted by Crippen LogP contribution is 2.49. The predicted molar refractivity (Wildman–Crippen MR) is 57.4 cm³/mol. The second-order valence-corrected chi connectivity index (χ2v) is 4.67. The number of carboxylic acids is 1. The lowest BCUT2D eigenvalue weighted by Crippen LogP contribution is -1.99. The van der Waals surface area contributed by atoms with E-state index in [1.807, 2.05) is 25.1 Å². The molecule has 0 spiro atoms. The van der Waals surface area contributed by atoms with Gasteiger partial charge in [0.15, 0.2) is 0 Å². The van der Waals surface area contributed by atoms with Crippen molar-refractivity contribution >= 4 is 21.9 Å². The number of carbonyl (C=O) groups is 1. The molecule has 0 aromatic heterocycles. The Kier molecular flexibility index (Phi) is 2.35. The van der Waals surface area contributed by atoms with Crippen molar-refractivity contribution < 1.29 is 9.90 Å². The maximum atomic E-state index is 10.7. The molecule has 2 atom stereocenters. The molecule has 0 aliphatic heterocycles. The lowest BCUT2D eigenvalue weighted by Gasteiger charge is -2.03. The Morgan fingerprint density at radius 3 is 2.79 bits per heavy atom. The van der Waals surface area contributed by atoms with Crippen LogP contribution in [-0.4, -0.2) is 11.1 Å². The molecule has 2 unspecified atom stereocenters. The molecule has 1 aromatic carbocycles. The van der Waals surface area contributed by atoms with Crippen LogP contribution in [0, 0.1) is 12.8 Å². The monoisotopic (exact) mass is 254 g/mol. The van der Waals surface area contributed by atoms with E-state index in [1.165, 1.54) is 5.56 Å². The molecule has 1 aliphatic carbocycles. The lowest BCUT2D eigenvalue weighted by atomic mass is 10.1. The van der Waals surface area contributed by atoms with E-state index in [1.54, 1.807) is 0 Å². The van der Waals surface area contributed by atoms with Gasteiger partial charge in [0.1, 0.15) is 0 Å². The average molecular weight is 255 g/mol. The van der Waals surface area contributed by atoms with E-state index in [-0.39, 0.29) is 11.8 Å². The van der Waals surface area contributed by atoms with Crippen molar-refractivity contribution in [1.29, 1.82) is 0 Å². The van der Waals surface area contributed by atoms with Gasteiger partial charge in [-0.25, -0.2) is 0 Å². The molecule has 3 heteroatoms. The van der Waals surface area contributed by atoms with E-state index in [4.69, 9.17) is 5.11 Å². The van der Waals surface area contributed by atoms with Crippen LogP contribution in [0.3, 0.4) is 0 Å². The van der Waals surface area contributed by atoms with Crippen molar-refractivity contribution in [3.8, 4) is 0 Å². The van der Waals surface area contributed by atoms with Gasteiger partial charge in [-0.3, -0.25) is 4.79 Å². The van der Waals surface area contributed by atoms with E-state index in [0.717, 1.165) is 16.5 Å². The van der Waals surface area contributed by atoms with Gasteiger partial charge in [-0.2, -0.15) is 0 Å². The van der Waals surface area contributed by atoms with Gasteiger partial charge in [-0.05, 0) is 36.5 Å². The number of aryl methyl sites for hydroxylation is 1. The highest BCUT2D eigenvalue weighted by Gasteiger charge is 2.44. The summed E-state index contributed by atoms with van der Waals surface area (Å²) in [6.45, 7) is 2.02. The first kappa shape index (κ1) is 9.71. The molecule has 1 saturated carbocycles. The van der Waals surface area contributed by atoms with Gasteiger partial charge in [0.2, 0.25) is 0 Å². The summed E-state index contributed by atoms with van der Waals surface area (Å²) in [4.78, 5) is 10.7. The molecule has 0 radical (unpaired) electrons. The number of aliphatic carboxylic acids is 1. The topological polar surface area (TPSA) is 37.3 Å². The van der Waals surface area contributed by atoms with E-state index in [9.17, 15) is 4.79 Å².